The molecule has 1 N–H and O–H groups in total. The molecule has 1 aromatic carbocycles. The molecule has 13 heteroatoms. The van der Waals surface area contributed by atoms with E-state index >= 15 is 0 Å². The van der Waals surface area contributed by atoms with E-state index < -0.39 is 21.4 Å². The molecular weight excluding hydrogens is 511 g/mol. The molecule has 0 saturated carbocycles. The molecule has 2 fully saturated rings. The Kier molecular flexibility index (Phi) is 7.85. The SMILES string of the molecule is CN(c1ccc(C#N)cc1)S(=O)(=O)N1CCC(n2ncc(NC[C@]3(F)CCCOC3)c(Cl)c2=O)CC1. The van der Waals surface area contributed by atoms with E-state index in [0.717, 1.165) is 0 Å². The van der Waals surface area contributed by atoms with Crippen LogP contribution in [0.3, 0.4) is 0 Å². The summed E-state index contributed by atoms with van der Waals surface area (Å²) in [4.78, 5) is 12.9. The van der Waals surface area contributed by atoms with Crippen LogP contribution in [0, 0.1) is 11.3 Å². The van der Waals surface area contributed by atoms with Gasteiger partial charge < -0.3 is 10.1 Å². The number of benzene rings is 1. The third kappa shape index (κ3) is 5.49. The van der Waals surface area contributed by atoms with Gasteiger partial charge >= 0.3 is 10.2 Å². The molecule has 0 aliphatic carbocycles. The summed E-state index contributed by atoms with van der Waals surface area (Å²) in [5.41, 5.74) is -0.899. The average molecular weight is 539 g/mol. The van der Waals surface area contributed by atoms with Gasteiger partial charge in [0.25, 0.3) is 5.56 Å². The van der Waals surface area contributed by atoms with Gasteiger partial charge in [0.05, 0.1) is 48.4 Å². The van der Waals surface area contributed by atoms with Crippen molar-refractivity contribution in [1.29, 1.82) is 5.26 Å². The lowest BCUT2D eigenvalue weighted by atomic mass is 9.99. The maximum atomic E-state index is 14.8. The van der Waals surface area contributed by atoms with Crippen molar-refractivity contribution in [3.05, 3.63) is 51.4 Å². The molecule has 1 atom stereocenters. The molecule has 2 aliphatic heterocycles. The number of halogens is 2. The van der Waals surface area contributed by atoms with Crippen LogP contribution < -0.4 is 15.2 Å². The van der Waals surface area contributed by atoms with E-state index in [-0.39, 0.29) is 43.0 Å². The van der Waals surface area contributed by atoms with E-state index in [1.807, 2.05) is 6.07 Å². The van der Waals surface area contributed by atoms with E-state index in [2.05, 4.69) is 10.4 Å². The second-order valence-corrected chi connectivity index (χ2v) is 11.4. The molecule has 10 nitrogen and oxygen atoms in total. The van der Waals surface area contributed by atoms with Crippen molar-refractivity contribution in [3.8, 4) is 6.07 Å². The summed E-state index contributed by atoms with van der Waals surface area (Å²) in [5, 5.41) is 16.0. The average Bonchev–Trinajstić information content (AvgIpc) is 2.89. The number of alkyl halides is 1. The van der Waals surface area contributed by atoms with Crippen molar-refractivity contribution in [2.24, 2.45) is 0 Å². The summed E-state index contributed by atoms with van der Waals surface area (Å²) in [6.07, 6.45) is 3.15. The molecule has 194 valence electrons. The maximum Gasteiger partial charge on any atom is 0.303 e. The minimum atomic E-state index is -3.80. The van der Waals surface area contributed by atoms with Gasteiger partial charge in [0.2, 0.25) is 0 Å². The highest BCUT2D eigenvalue weighted by atomic mass is 35.5. The lowest BCUT2D eigenvalue weighted by molar-refractivity contribution is -0.0234. The van der Waals surface area contributed by atoms with Crippen LogP contribution in [0.4, 0.5) is 15.8 Å². The summed E-state index contributed by atoms with van der Waals surface area (Å²) in [6.45, 7) is 0.883. The third-order valence-corrected chi connectivity index (χ3v) is 8.90. The number of piperidine rings is 1. The predicted molar refractivity (Wildman–Crippen MR) is 134 cm³/mol. The zero-order valence-electron chi connectivity index (χ0n) is 19.9. The fourth-order valence-electron chi connectivity index (χ4n) is 4.41. The van der Waals surface area contributed by atoms with Gasteiger partial charge in [-0.05, 0) is 49.9 Å². The van der Waals surface area contributed by atoms with Gasteiger partial charge in [-0.1, -0.05) is 11.6 Å². The Morgan fingerprint density at radius 3 is 2.64 bits per heavy atom. The van der Waals surface area contributed by atoms with Crippen LogP contribution in [-0.4, -0.2) is 68.1 Å². The number of anilines is 2. The topological polar surface area (TPSA) is 121 Å². The first-order chi connectivity index (χ1) is 17.1. The summed E-state index contributed by atoms with van der Waals surface area (Å²) in [6, 6.07) is 7.96. The summed E-state index contributed by atoms with van der Waals surface area (Å²) >= 11 is 6.29. The standard InChI is InChI=1S/C23H28ClFN6O4S/c1-29(18-5-3-17(13-26)4-6-18)36(33,34)30-10-7-19(8-11-30)31-22(32)21(24)20(14-28-31)27-15-23(25)9-2-12-35-16-23/h3-6,14,19,27H,2,7-12,15-16H2,1H3/t23-/m1/s1. The van der Waals surface area contributed by atoms with Gasteiger partial charge in [0, 0.05) is 26.7 Å². The van der Waals surface area contributed by atoms with Gasteiger partial charge in [-0.2, -0.15) is 23.1 Å². The number of nitriles is 1. The first-order valence-electron chi connectivity index (χ1n) is 11.7. The molecule has 0 amide bonds. The van der Waals surface area contributed by atoms with Gasteiger partial charge in [-0.25, -0.2) is 9.07 Å². The second kappa shape index (κ2) is 10.7. The lowest BCUT2D eigenvalue weighted by Crippen LogP contribution is -2.47. The van der Waals surface area contributed by atoms with Gasteiger partial charge in [0.15, 0.2) is 5.67 Å². The Morgan fingerprint density at radius 1 is 1.33 bits per heavy atom. The van der Waals surface area contributed by atoms with E-state index in [1.54, 1.807) is 24.3 Å². The van der Waals surface area contributed by atoms with Crippen LogP contribution in [-0.2, 0) is 14.9 Å². The number of aromatic nitrogens is 2. The number of nitrogens with one attached hydrogen (secondary N) is 1. The zero-order chi connectivity index (χ0) is 25.9. The highest BCUT2D eigenvalue weighted by Crippen LogP contribution is 2.28. The van der Waals surface area contributed by atoms with Crippen LogP contribution in [0.15, 0.2) is 35.3 Å². The molecule has 0 radical (unpaired) electrons. The van der Waals surface area contributed by atoms with Crippen molar-refractivity contribution in [2.75, 3.05) is 49.5 Å². The van der Waals surface area contributed by atoms with E-state index in [1.165, 1.54) is 26.5 Å². The van der Waals surface area contributed by atoms with Crippen molar-refractivity contribution >= 4 is 33.2 Å². The molecular formula is C23H28ClFN6O4S. The quantitative estimate of drug-likeness (QED) is 0.575. The van der Waals surface area contributed by atoms with E-state index in [4.69, 9.17) is 21.6 Å². The van der Waals surface area contributed by atoms with Gasteiger partial charge in [-0.3, -0.25) is 9.10 Å². The monoisotopic (exact) mass is 538 g/mol. The van der Waals surface area contributed by atoms with Gasteiger partial charge in [-0.15, -0.1) is 0 Å². The Balaban J connectivity index is 1.40. The molecule has 1 aromatic heterocycles. The van der Waals surface area contributed by atoms with Crippen molar-refractivity contribution in [3.63, 3.8) is 0 Å². The highest BCUT2D eigenvalue weighted by molar-refractivity contribution is 7.90. The zero-order valence-corrected chi connectivity index (χ0v) is 21.4. The van der Waals surface area contributed by atoms with Crippen LogP contribution in [0.1, 0.15) is 37.3 Å². The van der Waals surface area contributed by atoms with Crippen LogP contribution in [0.25, 0.3) is 0 Å². The van der Waals surface area contributed by atoms with Crippen LogP contribution in [0.2, 0.25) is 5.02 Å². The second-order valence-electron chi connectivity index (χ2n) is 9.05. The molecule has 0 spiro atoms. The maximum absolute atomic E-state index is 14.8. The molecule has 4 rings (SSSR count). The number of rotatable bonds is 7. The summed E-state index contributed by atoms with van der Waals surface area (Å²) in [7, 11) is -2.34. The first kappa shape index (κ1) is 26.3. The fourth-order valence-corrected chi connectivity index (χ4v) is 6.02. The van der Waals surface area contributed by atoms with Crippen molar-refractivity contribution in [1.82, 2.24) is 14.1 Å². The Hall–Kier alpha value is -2.72. The molecule has 2 aliphatic rings. The number of ether oxygens (including phenoxy) is 1. The lowest BCUT2D eigenvalue weighted by Gasteiger charge is -2.34. The molecule has 3 heterocycles. The first-order valence-corrected chi connectivity index (χ1v) is 13.4. The largest absolute Gasteiger partial charge is 0.379 e. The normalized spacial score (nSPS) is 21.6. The molecule has 2 aromatic rings. The van der Waals surface area contributed by atoms with E-state index in [0.29, 0.717) is 43.5 Å². The Labute approximate surface area is 214 Å². The van der Waals surface area contributed by atoms with Crippen LogP contribution >= 0.6 is 11.6 Å². The number of nitrogens with zero attached hydrogens (tertiary/aromatic N) is 5. The number of hydrogen-bond acceptors (Lipinski definition) is 7. The molecule has 0 unspecified atom stereocenters. The van der Waals surface area contributed by atoms with Crippen LogP contribution in [0.5, 0.6) is 0 Å². The van der Waals surface area contributed by atoms with Gasteiger partial charge in [0.1, 0.15) is 5.02 Å². The van der Waals surface area contributed by atoms with Crippen molar-refractivity contribution < 1.29 is 17.5 Å². The molecule has 36 heavy (non-hydrogen) atoms. The smallest absolute Gasteiger partial charge is 0.303 e. The van der Waals surface area contributed by atoms with Crippen molar-refractivity contribution in [2.45, 2.75) is 37.4 Å². The minimum Gasteiger partial charge on any atom is -0.379 e. The highest BCUT2D eigenvalue weighted by Gasteiger charge is 2.34. The fraction of sp³-hybridized carbons (Fsp3) is 0.522. The minimum absolute atomic E-state index is 0.00996. The predicted octanol–water partition coefficient (Wildman–Crippen LogP) is 2.72. The third-order valence-electron chi connectivity index (χ3n) is 6.62. The summed E-state index contributed by atoms with van der Waals surface area (Å²) < 4.78 is 50.0. The summed E-state index contributed by atoms with van der Waals surface area (Å²) in [5.74, 6) is 0. The molecule has 2 saturated heterocycles. The molecule has 0 bridgehead atoms. The number of hydrogen-bond donors (Lipinski definition) is 1. The van der Waals surface area contributed by atoms with E-state index in [9.17, 15) is 17.6 Å². The Morgan fingerprint density at radius 2 is 2.03 bits per heavy atom. The Bertz CT molecular complexity index is 1280.